The highest BCUT2D eigenvalue weighted by Gasteiger charge is 2.14. The highest BCUT2D eigenvalue weighted by atomic mass is 32.1. The number of ketones is 1. The average Bonchev–Trinajstić information content (AvgIpc) is 2.54. The largest absolute Gasteiger partial charge is 0.376 e. The number of aryl methyl sites for hydroxylation is 1. The van der Waals surface area contributed by atoms with Gasteiger partial charge in [-0.15, -0.1) is 5.10 Å². The topological polar surface area (TPSA) is 52.1 Å². The van der Waals surface area contributed by atoms with E-state index in [-0.39, 0.29) is 12.4 Å². The molecule has 0 aliphatic carbocycles. The molecule has 72 valence electrons. The molecule has 0 atom stereocenters. The van der Waals surface area contributed by atoms with Gasteiger partial charge in [-0.1, -0.05) is 17.8 Å². The number of nitrogens with zero attached hydrogens (tertiary/aromatic N) is 2. The number of carbonyl (C=O) groups excluding carboxylic acids is 1. The summed E-state index contributed by atoms with van der Waals surface area (Å²) in [5, 5.41) is 3.90. The molecule has 0 bridgehead atoms. The van der Waals surface area contributed by atoms with E-state index in [1.807, 2.05) is 6.92 Å². The molecule has 0 amide bonds. The zero-order chi connectivity index (χ0) is 9.68. The van der Waals surface area contributed by atoms with Crippen LogP contribution in [-0.4, -0.2) is 29.1 Å². The smallest absolute Gasteiger partial charge is 0.201 e. The second-order valence-electron chi connectivity index (χ2n) is 2.65. The summed E-state index contributed by atoms with van der Waals surface area (Å²) in [6.45, 7) is 2.16. The molecule has 1 rings (SSSR count). The minimum Gasteiger partial charge on any atom is -0.376 e. The maximum Gasteiger partial charge on any atom is 0.201 e. The first-order valence-electron chi connectivity index (χ1n) is 4.13. The third kappa shape index (κ3) is 2.57. The molecule has 0 unspecified atom stereocenters. The van der Waals surface area contributed by atoms with Gasteiger partial charge in [0.25, 0.3) is 0 Å². The molecule has 0 saturated carbocycles. The van der Waals surface area contributed by atoms with Crippen molar-refractivity contribution >= 4 is 17.3 Å². The van der Waals surface area contributed by atoms with E-state index in [9.17, 15) is 4.79 Å². The van der Waals surface area contributed by atoms with Crippen molar-refractivity contribution in [1.82, 2.24) is 9.59 Å². The predicted molar refractivity (Wildman–Crippen MR) is 50.1 cm³/mol. The van der Waals surface area contributed by atoms with Crippen LogP contribution in [-0.2, 0) is 11.2 Å². The Hall–Kier alpha value is -0.810. The van der Waals surface area contributed by atoms with Crippen molar-refractivity contribution in [2.45, 2.75) is 19.8 Å². The number of methoxy groups -OCH3 is 1. The molecule has 0 aliphatic rings. The first kappa shape index (κ1) is 10.3. The normalized spacial score (nSPS) is 10.3. The molecule has 0 fully saturated rings. The fourth-order valence-corrected chi connectivity index (χ4v) is 1.65. The lowest BCUT2D eigenvalue weighted by molar-refractivity contribution is 0.0851. The minimum absolute atomic E-state index is 0.0269. The lowest BCUT2D eigenvalue weighted by atomic mass is 10.2. The fraction of sp³-hybridized carbons (Fsp3) is 0.625. The van der Waals surface area contributed by atoms with Crippen LogP contribution < -0.4 is 0 Å². The van der Waals surface area contributed by atoms with Crippen molar-refractivity contribution in [3.63, 3.8) is 0 Å². The van der Waals surface area contributed by atoms with Gasteiger partial charge >= 0.3 is 0 Å². The number of hydrogen-bond acceptors (Lipinski definition) is 5. The Balaban J connectivity index is 2.74. The lowest BCUT2D eigenvalue weighted by Gasteiger charge is -1.97. The highest BCUT2D eigenvalue weighted by Crippen LogP contribution is 2.13. The quantitative estimate of drug-likeness (QED) is 0.673. The minimum atomic E-state index is -0.0269. The molecule has 0 aliphatic heterocycles. The average molecular weight is 200 g/mol. The zero-order valence-electron chi connectivity index (χ0n) is 7.74. The van der Waals surface area contributed by atoms with Gasteiger partial charge in [0.2, 0.25) is 5.78 Å². The van der Waals surface area contributed by atoms with Crippen LogP contribution in [0.15, 0.2) is 0 Å². The van der Waals surface area contributed by atoms with Gasteiger partial charge in [0.05, 0.1) is 5.69 Å². The Morgan fingerprint density at radius 2 is 2.38 bits per heavy atom. The summed E-state index contributed by atoms with van der Waals surface area (Å²) < 4.78 is 8.52. The maximum atomic E-state index is 11.4. The molecule has 0 spiro atoms. The van der Waals surface area contributed by atoms with E-state index in [0.717, 1.165) is 30.1 Å². The van der Waals surface area contributed by atoms with Crippen LogP contribution in [0, 0.1) is 0 Å². The van der Waals surface area contributed by atoms with Crippen LogP contribution in [0.25, 0.3) is 0 Å². The molecule has 1 aromatic heterocycles. The van der Waals surface area contributed by atoms with Gasteiger partial charge < -0.3 is 4.74 Å². The second kappa shape index (κ2) is 5.04. The molecule has 0 aromatic carbocycles. The second-order valence-corrected chi connectivity index (χ2v) is 3.41. The SMILES string of the molecule is CCCc1nnsc1C(=O)COC. The first-order valence-corrected chi connectivity index (χ1v) is 4.90. The fourth-order valence-electron chi connectivity index (χ4n) is 1.02. The van der Waals surface area contributed by atoms with E-state index in [4.69, 9.17) is 4.74 Å². The van der Waals surface area contributed by atoms with E-state index in [1.54, 1.807) is 0 Å². The van der Waals surface area contributed by atoms with Gasteiger partial charge in [0, 0.05) is 7.11 Å². The van der Waals surface area contributed by atoms with E-state index >= 15 is 0 Å². The summed E-state index contributed by atoms with van der Waals surface area (Å²) in [6, 6.07) is 0. The molecule has 0 saturated heterocycles. The van der Waals surface area contributed by atoms with E-state index < -0.39 is 0 Å². The standard InChI is InChI=1S/C8H12N2O2S/c1-3-4-6-8(13-10-9-6)7(11)5-12-2/h3-5H2,1-2H3. The molecule has 4 nitrogen and oxygen atoms in total. The third-order valence-electron chi connectivity index (χ3n) is 1.57. The van der Waals surface area contributed by atoms with Gasteiger partial charge in [0.15, 0.2) is 0 Å². The van der Waals surface area contributed by atoms with Gasteiger partial charge in [-0.25, -0.2) is 0 Å². The van der Waals surface area contributed by atoms with Gasteiger partial charge in [-0.05, 0) is 18.0 Å². The Bertz CT molecular complexity index is 285. The van der Waals surface area contributed by atoms with Crippen LogP contribution in [0.5, 0.6) is 0 Å². The summed E-state index contributed by atoms with van der Waals surface area (Å²) in [4.78, 5) is 12.0. The Morgan fingerprint density at radius 1 is 1.62 bits per heavy atom. The van der Waals surface area contributed by atoms with E-state index in [0.29, 0.717) is 4.88 Å². The van der Waals surface area contributed by atoms with E-state index in [1.165, 1.54) is 7.11 Å². The molecule has 13 heavy (non-hydrogen) atoms. The number of hydrogen-bond donors (Lipinski definition) is 0. The molecule has 1 aromatic rings. The van der Waals surface area contributed by atoms with Crippen LogP contribution in [0.4, 0.5) is 0 Å². The van der Waals surface area contributed by atoms with Crippen molar-refractivity contribution in [2.75, 3.05) is 13.7 Å². The van der Waals surface area contributed by atoms with Crippen molar-refractivity contribution in [3.05, 3.63) is 10.6 Å². The Morgan fingerprint density at radius 3 is 3.00 bits per heavy atom. The highest BCUT2D eigenvalue weighted by molar-refractivity contribution is 7.08. The first-order chi connectivity index (χ1) is 6.29. The third-order valence-corrected chi connectivity index (χ3v) is 2.38. The number of aromatic nitrogens is 2. The lowest BCUT2D eigenvalue weighted by Crippen LogP contribution is -2.07. The van der Waals surface area contributed by atoms with Crippen LogP contribution >= 0.6 is 11.5 Å². The number of rotatable bonds is 5. The maximum absolute atomic E-state index is 11.4. The molecular weight excluding hydrogens is 188 g/mol. The zero-order valence-corrected chi connectivity index (χ0v) is 8.56. The van der Waals surface area contributed by atoms with Gasteiger partial charge in [-0.3, -0.25) is 4.79 Å². The van der Waals surface area contributed by atoms with Crippen molar-refractivity contribution in [1.29, 1.82) is 0 Å². The van der Waals surface area contributed by atoms with Gasteiger partial charge in [0.1, 0.15) is 11.5 Å². The summed E-state index contributed by atoms with van der Waals surface area (Å²) in [5.41, 5.74) is 0.801. The molecule has 5 heteroatoms. The molecule has 0 N–H and O–H groups in total. The van der Waals surface area contributed by atoms with Crippen molar-refractivity contribution in [3.8, 4) is 0 Å². The van der Waals surface area contributed by atoms with E-state index in [2.05, 4.69) is 9.59 Å². The van der Waals surface area contributed by atoms with Crippen molar-refractivity contribution in [2.24, 2.45) is 0 Å². The molecule has 1 heterocycles. The predicted octanol–water partition coefficient (Wildman–Crippen LogP) is 1.32. The van der Waals surface area contributed by atoms with Gasteiger partial charge in [-0.2, -0.15) is 0 Å². The van der Waals surface area contributed by atoms with Crippen LogP contribution in [0.3, 0.4) is 0 Å². The molecule has 0 radical (unpaired) electrons. The summed E-state index contributed by atoms with van der Waals surface area (Å²) in [7, 11) is 1.51. The van der Waals surface area contributed by atoms with Crippen LogP contribution in [0.2, 0.25) is 0 Å². The Kier molecular flexibility index (Phi) is 3.98. The number of Topliss-reactive ketones (excluding diaryl/α,β-unsaturated/α-hetero) is 1. The number of carbonyl (C=O) groups is 1. The van der Waals surface area contributed by atoms with Crippen LogP contribution in [0.1, 0.15) is 28.7 Å². The summed E-state index contributed by atoms with van der Waals surface area (Å²) in [6.07, 6.45) is 1.78. The number of ether oxygens (including phenoxy) is 1. The Labute approximate surface area is 81.1 Å². The summed E-state index contributed by atoms with van der Waals surface area (Å²) in [5.74, 6) is -0.0269. The van der Waals surface area contributed by atoms with Crippen molar-refractivity contribution < 1.29 is 9.53 Å². The summed E-state index contributed by atoms with van der Waals surface area (Å²) >= 11 is 1.15. The molecular formula is C8H12N2O2S. The monoisotopic (exact) mass is 200 g/mol.